The number of benzene rings is 1. The van der Waals surface area contributed by atoms with Gasteiger partial charge in [-0.25, -0.2) is 0 Å². The van der Waals surface area contributed by atoms with Crippen molar-refractivity contribution < 1.29 is 19.4 Å². The third kappa shape index (κ3) is 3.49. The van der Waals surface area contributed by atoms with E-state index in [9.17, 15) is 9.90 Å². The van der Waals surface area contributed by atoms with Crippen LogP contribution >= 0.6 is 0 Å². The molecule has 0 aliphatic carbocycles. The van der Waals surface area contributed by atoms with Crippen LogP contribution < -0.4 is 4.74 Å². The molecular weight excluding hydrogens is 258 g/mol. The summed E-state index contributed by atoms with van der Waals surface area (Å²) in [7, 11) is 0. The molecule has 1 fully saturated rings. The molecule has 1 amide bonds. The van der Waals surface area contributed by atoms with Crippen LogP contribution in [0.3, 0.4) is 0 Å². The zero-order valence-corrected chi connectivity index (χ0v) is 11.7. The Bertz CT molecular complexity index is 449. The Morgan fingerprint density at radius 3 is 3.05 bits per heavy atom. The Balaban J connectivity index is 1.94. The van der Waals surface area contributed by atoms with Crippen molar-refractivity contribution in [3.05, 3.63) is 29.8 Å². The molecule has 1 unspecified atom stereocenters. The zero-order chi connectivity index (χ0) is 14.4. The van der Waals surface area contributed by atoms with Gasteiger partial charge in [-0.15, -0.1) is 0 Å². The molecule has 1 atom stereocenters. The summed E-state index contributed by atoms with van der Waals surface area (Å²) in [5.74, 6) is 0.635. The molecule has 110 valence electrons. The van der Waals surface area contributed by atoms with Crippen molar-refractivity contribution in [2.75, 3.05) is 33.0 Å². The number of ether oxygens (including phenoxy) is 2. The van der Waals surface area contributed by atoms with Gasteiger partial charge in [-0.3, -0.25) is 4.79 Å². The first-order valence-corrected chi connectivity index (χ1v) is 6.95. The first-order valence-electron chi connectivity index (χ1n) is 6.95. The summed E-state index contributed by atoms with van der Waals surface area (Å²) in [6.07, 6.45) is 0.862. The van der Waals surface area contributed by atoms with Crippen molar-refractivity contribution in [1.82, 2.24) is 4.90 Å². The van der Waals surface area contributed by atoms with Crippen molar-refractivity contribution in [2.45, 2.75) is 19.4 Å². The van der Waals surface area contributed by atoms with Gasteiger partial charge in [0.2, 0.25) is 0 Å². The lowest BCUT2D eigenvalue weighted by Crippen LogP contribution is -2.51. The molecule has 1 aliphatic rings. The van der Waals surface area contributed by atoms with E-state index in [4.69, 9.17) is 9.47 Å². The van der Waals surface area contributed by atoms with Crippen LogP contribution in [0.5, 0.6) is 5.75 Å². The Kier molecular flexibility index (Phi) is 5.38. The minimum absolute atomic E-state index is 0.00644. The Morgan fingerprint density at radius 2 is 2.30 bits per heavy atom. The highest BCUT2D eigenvalue weighted by molar-refractivity contribution is 5.78. The topological polar surface area (TPSA) is 59.0 Å². The number of aryl methyl sites for hydroxylation is 1. The minimum Gasteiger partial charge on any atom is -0.483 e. The molecule has 0 bridgehead atoms. The van der Waals surface area contributed by atoms with Crippen LogP contribution in [0.15, 0.2) is 24.3 Å². The van der Waals surface area contributed by atoms with E-state index in [0.717, 1.165) is 17.7 Å². The molecular formula is C15H21NO4. The molecule has 1 aromatic carbocycles. The smallest absolute Gasteiger partial charge is 0.260 e. The first-order chi connectivity index (χ1) is 9.76. The van der Waals surface area contributed by atoms with Gasteiger partial charge in [-0.2, -0.15) is 0 Å². The second kappa shape index (κ2) is 7.26. The maximum atomic E-state index is 12.2. The molecule has 1 aliphatic heterocycles. The van der Waals surface area contributed by atoms with Crippen LogP contribution in [-0.2, 0) is 16.0 Å². The van der Waals surface area contributed by atoms with E-state index in [1.807, 2.05) is 31.2 Å². The van der Waals surface area contributed by atoms with E-state index in [1.54, 1.807) is 4.90 Å². The third-order valence-corrected chi connectivity index (χ3v) is 3.46. The number of aliphatic hydroxyl groups excluding tert-OH is 1. The molecule has 1 saturated heterocycles. The fourth-order valence-corrected chi connectivity index (χ4v) is 2.29. The average molecular weight is 279 g/mol. The molecule has 5 nitrogen and oxygen atoms in total. The lowest BCUT2D eigenvalue weighted by Gasteiger charge is -2.34. The minimum atomic E-state index is -0.263. The van der Waals surface area contributed by atoms with E-state index in [2.05, 4.69) is 0 Å². The first kappa shape index (κ1) is 14.8. The summed E-state index contributed by atoms with van der Waals surface area (Å²) in [5, 5.41) is 9.26. The predicted molar refractivity (Wildman–Crippen MR) is 74.7 cm³/mol. The Morgan fingerprint density at radius 1 is 1.50 bits per heavy atom. The van der Waals surface area contributed by atoms with Gasteiger partial charge in [0.1, 0.15) is 5.75 Å². The summed E-state index contributed by atoms with van der Waals surface area (Å²) in [4.78, 5) is 13.8. The quantitative estimate of drug-likeness (QED) is 0.868. The van der Waals surface area contributed by atoms with Gasteiger partial charge in [0.15, 0.2) is 6.61 Å². The summed E-state index contributed by atoms with van der Waals surface area (Å²) in [6.45, 7) is 3.35. The second-order valence-electron chi connectivity index (χ2n) is 4.75. The summed E-state index contributed by atoms with van der Waals surface area (Å²) in [5.41, 5.74) is 1.08. The second-order valence-corrected chi connectivity index (χ2v) is 4.75. The van der Waals surface area contributed by atoms with Crippen LogP contribution in [0.4, 0.5) is 0 Å². The molecule has 0 saturated carbocycles. The summed E-state index contributed by atoms with van der Waals surface area (Å²) < 4.78 is 10.9. The Hall–Kier alpha value is -1.59. The van der Waals surface area contributed by atoms with Gasteiger partial charge in [0.05, 0.1) is 25.9 Å². The molecule has 1 N–H and O–H groups in total. The fraction of sp³-hybridized carbons (Fsp3) is 0.533. The van der Waals surface area contributed by atoms with E-state index < -0.39 is 0 Å². The average Bonchev–Trinajstić information content (AvgIpc) is 2.52. The summed E-state index contributed by atoms with van der Waals surface area (Å²) >= 11 is 0. The number of hydrogen-bond acceptors (Lipinski definition) is 4. The molecule has 1 aromatic rings. The lowest BCUT2D eigenvalue weighted by atomic mass is 10.1. The van der Waals surface area contributed by atoms with Crippen molar-refractivity contribution in [2.24, 2.45) is 0 Å². The molecule has 0 aromatic heterocycles. The molecule has 5 heteroatoms. The van der Waals surface area contributed by atoms with Crippen LogP contribution in [0.25, 0.3) is 0 Å². The van der Waals surface area contributed by atoms with Gasteiger partial charge in [0.25, 0.3) is 5.91 Å². The molecule has 1 heterocycles. The van der Waals surface area contributed by atoms with Gasteiger partial charge >= 0.3 is 0 Å². The predicted octanol–water partition coefficient (Wildman–Crippen LogP) is 0.847. The van der Waals surface area contributed by atoms with Crippen LogP contribution in [0.1, 0.15) is 12.5 Å². The highest BCUT2D eigenvalue weighted by atomic mass is 16.5. The highest BCUT2D eigenvalue weighted by Gasteiger charge is 2.26. The van der Waals surface area contributed by atoms with Crippen molar-refractivity contribution >= 4 is 5.91 Å². The van der Waals surface area contributed by atoms with E-state index in [-0.39, 0.29) is 25.2 Å². The number of para-hydroxylation sites is 1. The van der Waals surface area contributed by atoms with E-state index in [0.29, 0.717) is 19.8 Å². The van der Waals surface area contributed by atoms with Crippen LogP contribution in [-0.4, -0.2) is 54.9 Å². The van der Waals surface area contributed by atoms with E-state index >= 15 is 0 Å². The zero-order valence-electron chi connectivity index (χ0n) is 11.7. The number of rotatable bonds is 5. The van der Waals surface area contributed by atoms with Crippen LogP contribution in [0, 0.1) is 0 Å². The number of nitrogens with zero attached hydrogens (tertiary/aromatic N) is 1. The van der Waals surface area contributed by atoms with Gasteiger partial charge in [0, 0.05) is 6.54 Å². The van der Waals surface area contributed by atoms with Crippen LogP contribution in [0.2, 0.25) is 0 Å². The van der Waals surface area contributed by atoms with Gasteiger partial charge in [-0.1, -0.05) is 25.1 Å². The van der Waals surface area contributed by atoms with Crippen molar-refractivity contribution in [3.8, 4) is 5.75 Å². The number of morpholine rings is 1. The maximum absolute atomic E-state index is 12.2. The normalized spacial score (nSPS) is 18.9. The van der Waals surface area contributed by atoms with E-state index in [1.165, 1.54) is 0 Å². The number of carbonyl (C=O) groups excluding carboxylic acids is 1. The SMILES string of the molecule is CCc1ccccc1OCC(=O)N1CCOCC1CO. The number of carbonyl (C=O) groups is 1. The Labute approximate surface area is 119 Å². The molecule has 0 radical (unpaired) electrons. The number of aliphatic hydroxyl groups is 1. The maximum Gasteiger partial charge on any atom is 0.260 e. The monoisotopic (exact) mass is 279 g/mol. The van der Waals surface area contributed by atoms with Crippen molar-refractivity contribution in [1.29, 1.82) is 0 Å². The highest BCUT2D eigenvalue weighted by Crippen LogP contribution is 2.18. The largest absolute Gasteiger partial charge is 0.483 e. The molecule has 0 spiro atoms. The standard InChI is InChI=1S/C15H21NO4/c1-2-12-5-3-4-6-14(12)20-11-15(18)16-7-8-19-10-13(16)9-17/h3-6,13,17H,2,7-11H2,1H3. The fourth-order valence-electron chi connectivity index (χ4n) is 2.29. The lowest BCUT2D eigenvalue weighted by molar-refractivity contribution is -0.143. The van der Waals surface area contributed by atoms with Gasteiger partial charge in [-0.05, 0) is 18.1 Å². The third-order valence-electron chi connectivity index (χ3n) is 3.46. The summed E-state index contributed by atoms with van der Waals surface area (Å²) in [6, 6.07) is 7.45. The molecule has 20 heavy (non-hydrogen) atoms. The number of hydrogen-bond donors (Lipinski definition) is 1. The van der Waals surface area contributed by atoms with Gasteiger partial charge < -0.3 is 19.5 Å². The number of amides is 1. The molecule has 2 rings (SSSR count). The van der Waals surface area contributed by atoms with Crippen molar-refractivity contribution in [3.63, 3.8) is 0 Å².